The van der Waals surface area contributed by atoms with Crippen LogP contribution in [0.5, 0.6) is 5.75 Å². The second kappa shape index (κ2) is 6.74. The van der Waals surface area contributed by atoms with Crippen molar-refractivity contribution >= 4 is 17.3 Å². The number of aryl methyl sites for hydroxylation is 2. The lowest BCUT2D eigenvalue weighted by Crippen LogP contribution is -2.28. The molecule has 0 fully saturated rings. The molecule has 1 N–H and O–H groups in total. The molecule has 0 aromatic heterocycles. The Morgan fingerprint density at radius 2 is 2.04 bits per heavy atom. The molecule has 0 saturated heterocycles. The van der Waals surface area contributed by atoms with Crippen LogP contribution in [0.25, 0.3) is 0 Å². The van der Waals surface area contributed by atoms with E-state index >= 15 is 0 Å². The predicted molar refractivity (Wildman–Crippen MR) is 93.6 cm³/mol. The van der Waals surface area contributed by atoms with E-state index in [-0.39, 0.29) is 5.91 Å². The molecule has 0 radical (unpaired) electrons. The third-order valence-corrected chi connectivity index (χ3v) is 4.03. The molecule has 2 aromatic carbocycles. The first-order valence-corrected chi connectivity index (χ1v) is 7.82. The Hall–Kier alpha value is -2.82. The Balaban J connectivity index is 1.70. The van der Waals surface area contributed by atoms with Crippen LogP contribution in [0.1, 0.15) is 23.1 Å². The second-order valence-corrected chi connectivity index (χ2v) is 5.84. The molecule has 1 heterocycles. The average Bonchev–Trinajstić information content (AvgIpc) is 3.08. The van der Waals surface area contributed by atoms with Crippen LogP contribution >= 0.6 is 0 Å². The van der Waals surface area contributed by atoms with Crippen molar-refractivity contribution in [3.8, 4) is 5.75 Å². The number of hydrogen-bond donors (Lipinski definition) is 1. The van der Waals surface area contributed by atoms with Crippen LogP contribution < -0.4 is 10.1 Å². The van der Waals surface area contributed by atoms with Gasteiger partial charge in [0.15, 0.2) is 0 Å². The number of oxime groups is 1. The van der Waals surface area contributed by atoms with Crippen LogP contribution in [0, 0.1) is 13.8 Å². The highest BCUT2D eigenvalue weighted by Gasteiger charge is 2.30. The third kappa shape index (κ3) is 3.25. The number of carbonyl (C=O) groups excluding carboxylic acids is 1. The lowest BCUT2D eigenvalue weighted by molar-refractivity contribution is -0.125. The van der Waals surface area contributed by atoms with Gasteiger partial charge in [-0.2, -0.15) is 0 Å². The standard InChI is InChI=1S/C19H20N2O3/c1-12-8-9-13(2)15(10-12)20-19(22)18-11-16(21-24-18)14-6-4-5-7-17(14)23-3/h4-10,18H,11H2,1-3H3,(H,20,22). The maximum Gasteiger partial charge on any atom is 0.268 e. The highest BCUT2D eigenvalue weighted by Crippen LogP contribution is 2.25. The molecule has 1 aliphatic heterocycles. The average molecular weight is 324 g/mol. The number of benzene rings is 2. The van der Waals surface area contributed by atoms with Crippen molar-refractivity contribution in [2.45, 2.75) is 26.4 Å². The quantitative estimate of drug-likeness (QED) is 0.937. The van der Waals surface area contributed by atoms with Gasteiger partial charge in [-0.3, -0.25) is 4.79 Å². The van der Waals surface area contributed by atoms with E-state index < -0.39 is 6.10 Å². The largest absolute Gasteiger partial charge is 0.496 e. The van der Waals surface area contributed by atoms with Gasteiger partial charge in [0.25, 0.3) is 5.91 Å². The van der Waals surface area contributed by atoms with Crippen LogP contribution in [0.2, 0.25) is 0 Å². The van der Waals surface area contributed by atoms with Crippen molar-refractivity contribution in [1.82, 2.24) is 0 Å². The van der Waals surface area contributed by atoms with Crippen molar-refractivity contribution in [2.24, 2.45) is 5.16 Å². The molecule has 1 unspecified atom stereocenters. The first-order valence-electron chi connectivity index (χ1n) is 7.82. The van der Waals surface area contributed by atoms with E-state index in [9.17, 15) is 4.79 Å². The topological polar surface area (TPSA) is 59.9 Å². The Labute approximate surface area is 141 Å². The molecule has 2 aromatic rings. The van der Waals surface area contributed by atoms with Crippen LogP contribution in [-0.4, -0.2) is 24.8 Å². The SMILES string of the molecule is COc1ccccc1C1=NOC(C(=O)Nc2cc(C)ccc2C)C1. The van der Waals surface area contributed by atoms with Gasteiger partial charge < -0.3 is 14.9 Å². The van der Waals surface area contributed by atoms with Crippen LogP contribution in [0.3, 0.4) is 0 Å². The predicted octanol–water partition coefficient (Wildman–Crippen LogP) is 3.44. The highest BCUT2D eigenvalue weighted by atomic mass is 16.6. The van der Waals surface area contributed by atoms with Crippen LogP contribution in [-0.2, 0) is 9.63 Å². The number of ether oxygens (including phenoxy) is 1. The number of carbonyl (C=O) groups is 1. The summed E-state index contributed by atoms with van der Waals surface area (Å²) in [5.41, 5.74) is 4.47. The third-order valence-electron chi connectivity index (χ3n) is 4.03. The molecule has 1 amide bonds. The summed E-state index contributed by atoms with van der Waals surface area (Å²) in [7, 11) is 1.61. The van der Waals surface area contributed by atoms with E-state index in [1.54, 1.807) is 7.11 Å². The van der Waals surface area contributed by atoms with E-state index in [1.807, 2.05) is 56.3 Å². The molecule has 1 atom stereocenters. The minimum Gasteiger partial charge on any atom is -0.496 e. The fourth-order valence-electron chi connectivity index (χ4n) is 2.64. The zero-order chi connectivity index (χ0) is 17.1. The van der Waals surface area contributed by atoms with Crippen LogP contribution in [0.4, 0.5) is 5.69 Å². The van der Waals surface area contributed by atoms with E-state index in [0.29, 0.717) is 12.1 Å². The number of para-hydroxylation sites is 1. The van der Waals surface area contributed by atoms with E-state index in [2.05, 4.69) is 10.5 Å². The van der Waals surface area contributed by atoms with Crippen LogP contribution in [0.15, 0.2) is 47.6 Å². The summed E-state index contributed by atoms with van der Waals surface area (Å²) >= 11 is 0. The van der Waals surface area contributed by atoms with Crippen molar-refractivity contribution in [1.29, 1.82) is 0 Å². The Kier molecular flexibility index (Phi) is 4.51. The summed E-state index contributed by atoms with van der Waals surface area (Å²) in [6, 6.07) is 13.5. The number of methoxy groups -OCH3 is 1. The number of anilines is 1. The minimum atomic E-state index is -0.634. The molecule has 0 aliphatic carbocycles. The van der Waals surface area contributed by atoms with Gasteiger partial charge in [-0.1, -0.05) is 29.4 Å². The molecule has 0 saturated carbocycles. The second-order valence-electron chi connectivity index (χ2n) is 5.84. The van der Waals surface area contributed by atoms with Crippen molar-refractivity contribution in [3.63, 3.8) is 0 Å². The molecule has 24 heavy (non-hydrogen) atoms. The maximum atomic E-state index is 12.5. The van der Waals surface area contributed by atoms with E-state index in [0.717, 1.165) is 28.1 Å². The fourth-order valence-corrected chi connectivity index (χ4v) is 2.64. The van der Waals surface area contributed by atoms with E-state index in [1.165, 1.54) is 0 Å². The fraction of sp³-hybridized carbons (Fsp3) is 0.263. The zero-order valence-electron chi connectivity index (χ0n) is 14.0. The molecule has 1 aliphatic rings. The summed E-state index contributed by atoms with van der Waals surface area (Å²) < 4.78 is 5.34. The molecule has 0 bridgehead atoms. The van der Waals surface area contributed by atoms with Gasteiger partial charge >= 0.3 is 0 Å². The first-order chi connectivity index (χ1) is 11.6. The first kappa shape index (κ1) is 16.1. The number of rotatable bonds is 4. The molecular formula is C19H20N2O3. The summed E-state index contributed by atoms with van der Waals surface area (Å²) in [5, 5.41) is 7.00. The summed E-state index contributed by atoms with van der Waals surface area (Å²) in [5.74, 6) is 0.521. The molecular weight excluding hydrogens is 304 g/mol. The molecule has 0 spiro atoms. The lowest BCUT2D eigenvalue weighted by atomic mass is 10.0. The van der Waals surface area contributed by atoms with Gasteiger partial charge in [0.2, 0.25) is 6.10 Å². The Morgan fingerprint density at radius 3 is 2.83 bits per heavy atom. The van der Waals surface area contributed by atoms with Gasteiger partial charge in [-0.25, -0.2) is 0 Å². The molecule has 124 valence electrons. The molecule has 5 nitrogen and oxygen atoms in total. The number of nitrogens with one attached hydrogen (secondary N) is 1. The van der Waals surface area contributed by atoms with Gasteiger partial charge in [-0.15, -0.1) is 0 Å². The molecule has 3 rings (SSSR count). The number of amides is 1. The maximum absolute atomic E-state index is 12.5. The minimum absolute atomic E-state index is 0.197. The highest BCUT2D eigenvalue weighted by molar-refractivity contribution is 6.07. The monoisotopic (exact) mass is 324 g/mol. The van der Waals surface area contributed by atoms with Crippen molar-refractivity contribution in [2.75, 3.05) is 12.4 Å². The molecule has 5 heteroatoms. The number of hydrogen-bond acceptors (Lipinski definition) is 4. The lowest BCUT2D eigenvalue weighted by Gasteiger charge is -2.12. The van der Waals surface area contributed by atoms with E-state index in [4.69, 9.17) is 9.57 Å². The van der Waals surface area contributed by atoms with Gasteiger partial charge in [0.1, 0.15) is 5.75 Å². The Morgan fingerprint density at radius 1 is 1.25 bits per heavy atom. The van der Waals surface area contributed by atoms with Gasteiger partial charge in [0.05, 0.1) is 12.8 Å². The van der Waals surface area contributed by atoms with Gasteiger partial charge in [0, 0.05) is 17.7 Å². The summed E-state index contributed by atoms with van der Waals surface area (Å²) in [6.07, 6.45) is -0.221. The summed E-state index contributed by atoms with van der Waals surface area (Å²) in [6.45, 7) is 3.95. The Bertz CT molecular complexity index is 799. The number of nitrogens with zero attached hydrogens (tertiary/aromatic N) is 1. The smallest absolute Gasteiger partial charge is 0.268 e. The normalized spacial score (nSPS) is 16.3. The van der Waals surface area contributed by atoms with Crippen molar-refractivity contribution in [3.05, 3.63) is 59.2 Å². The van der Waals surface area contributed by atoms with Gasteiger partial charge in [-0.05, 0) is 43.2 Å². The zero-order valence-corrected chi connectivity index (χ0v) is 14.0. The van der Waals surface area contributed by atoms with Crippen molar-refractivity contribution < 1.29 is 14.4 Å². The summed E-state index contributed by atoms with van der Waals surface area (Å²) in [4.78, 5) is 17.8.